The second kappa shape index (κ2) is 17.2. The maximum absolute atomic E-state index is 12.3. The number of carbonyl (C=O) groups excluding carboxylic acids is 1. The van der Waals surface area contributed by atoms with E-state index < -0.39 is 17.8 Å². The van der Waals surface area contributed by atoms with E-state index in [2.05, 4.69) is 71.9 Å². The summed E-state index contributed by atoms with van der Waals surface area (Å²) in [6, 6.07) is 0. The Morgan fingerprint density at radius 2 is 1.16 bits per heavy atom. The minimum Gasteiger partial charge on any atom is -0.502 e. The fourth-order valence-corrected chi connectivity index (χ4v) is 4.66. The first kappa shape index (κ1) is 32.7. The zero-order valence-electron chi connectivity index (χ0n) is 24.7. The standard InChI is InChI=1S/C33H52O4/c1-23(2)13-9-14-24(3)15-10-16-25(4)17-11-18-26(5)19-12-20-27(6)21-22-29-28(7)30(34)32(36)33(37-8)31(29)35/h13,15,17,19,21,28-29,31,35-36H,9-12,14,16,18,20,22H2,1-8H3/b24-15+,25-17+,26-19+,27-21+. The van der Waals surface area contributed by atoms with Gasteiger partial charge in [-0.15, -0.1) is 0 Å². The summed E-state index contributed by atoms with van der Waals surface area (Å²) in [5.74, 6) is -1.54. The highest BCUT2D eigenvalue weighted by molar-refractivity contribution is 5.96. The Labute approximate surface area is 226 Å². The van der Waals surface area contributed by atoms with E-state index in [1.165, 1.54) is 35.0 Å². The molecule has 208 valence electrons. The summed E-state index contributed by atoms with van der Waals surface area (Å²) in [5, 5.41) is 20.5. The lowest BCUT2D eigenvalue weighted by atomic mass is 9.77. The molecule has 0 bridgehead atoms. The van der Waals surface area contributed by atoms with Crippen LogP contribution in [0.4, 0.5) is 0 Å². The van der Waals surface area contributed by atoms with Crippen LogP contribution in [0.5, 0.6) is 0 Å². The van der Waals surface area contributed by atoms with Crippen molar-refractivity contribution in [3.8, 4) is 0 Å². The van der Waals surface area contributed by atoms with E-state index in [0.717, 1.165) is 51.4 Å². The molecule has 0 saturated carbocycles. The molecule has 0 spiro atoms. The van der Waals surface area contributed by atoms with Crippen LogP contribution in [-0.2, 0) is 9.53 Å². The fraction of sp³-hybridized carbons (Fsp3) is 0.606. The number of ketones is 1. The molecule has 37 heavy (non-hydrogen) atoms. The summed E-state index contributed by atoms with van der Waals surface area (Å²) < 4.78 is 5.08. The van der Waals surface area contributed by atoms with Crippen molar-refractivity contribution in [2.45, 2.75) is 112 Å². The van der Waals surface area contributed by atoms with Crippen LogP contribution in [0.15, 0.2) is 69.8 Å². The van der Waals surface area contributed by atoms with E-state index in [-0.39, 0.29) is 17.5 Å². The molecular weight excluding hydrogens is 460 g/mol. The van der Waals surface area contributed by atoms with Crippen LogP contribution in [-0.4, -0.2) is 29.2 Å². The normalized spacial score (nSPS) is 22.0. The van der Waals surface area contributed by atoms with Crippen molar-refractivity contribution in [1.29, 1.82) is 0 Å². The highest BCUT2D eigenvalue weighted by Crippen LogP contribution is 2.34. The van der Waals surface area contributed by atoms with Gasteiger partial charge in [0.15, 0.2) is 11.5 Å². The van der Waals surface area contributed by atoms with Crippen LogP contribution in [0.3, 0.4) is 0 Å². The van der Waals surface area contributed by atoms with Crippen LogP contribution in [0.25, 0.3) is 0 Å². The van der Waals surface area contributed by atoms with Crippen LogP contribution in [0.2, 0.25) is 0 Å². The number of ether oxygens (including phenoxy) is 1. The van der Waals surface area contributed by atoms with E-state index >= 15 is 0 Å². The second-order valence-corrected chi connectivity index (χ2v) is 11.1. The van der Waals surface area contributed by atoms with Crippen LogP contribution < -0.4 is 0 Å². The first-order valence-corrected chi connectivity index (χ1v) is 13.9. The number of aliphatic hydroxyl groups excluding tert-OH is 2. The molecular formula is C33H52O4. The molecule has 0 aliphatic heterocycles. The first-order chi connectivity index (χ1) is 17.5. The average molecular weight is 513 g/mol. The highest BCUT2D eigenvalue weighted by atomic mass is 16.5. The first-order valence-electron chi connectivity index (χ1n) is 13.9. The van der Waals surface area contributed by atoms with Crippen LogP contribution in [0.1, 0.15) is 106 Å². The molecule has 2 N–H and O–H groups in total. The third-order valence-corrected chi connectivity index (χ3v) is 7.34. The zero-order chi connectivity index (χ0) is 28.0. The molecule has 0 aromatic carbocycles. The maximum atomic E-state index is 12.3. The lowest BCUT2D eigenvalue weighted by Crippen LogP contribution is -2.39. The molecule has 0 saturated heterocycles. The van der Waals surface area contributed by atoms with Crippen LogP contribution >= 0.6 is 0 Å². The van der Waals surface area contributed by atoms with E-state index in [1.807, 2.05) is 0 Å². The molecule has 4 heteroatoms. The molecule has 1 rings (SSSR count). The number of methoxy groups -OCH3 is 1. The Kier molecular flexibility index (Phi) is 15.2. The number of Topliss-reactive ketones (excluding diaryl/α,β-unsaturated/α-hetero) is 1. The molecule has 3 atom stereocenters. The van der Waals surface area contributed by atoms with E-state index in [0.29, 0.717) is 6.42 Å². The van der Waals surface area contributed by atoms with Gasteiger partial charge in [0.05, 0.1) is 7.11 Å². The predicted octanol–water partition coefficient (Wildman–Crippen LogP) is 8.86. The van der Waals surface area contributed by atoms with Crippen molar-refractivity contribution >= 4 is 5.78 Å². The molecule has 0 aromatic rings. The largest absolute Gasteiger partial charge is 0.502 e. The lowest BCUT2D eigenvalue weighted by molar-refractivity contribution is -0.127. The molecule has 3 unspecified atom stereocenters. The second-order valence-electron chi connectivity index (χ2n) is 11.1. The van der Waals surface area contributed by atoms with Crippen molar-refractivity contribution in [3.05, 3.63) is 69.8 Å². The monoisotopic (exact) mass is 512 g/mol. The van der Waals surface area contributed by atoms with E-state index in [1.54, 1.807) is 6.92 Å². The van der Waals surface area contributed by atoms with Gasteiger partial charge in [-0.05, 0) is 99.3 Å². The third kappa shape index (κ3) is 12.2. The average Bonchev–Trinajstić information content (AvgIpc) is 2.82. The Balaban J connectivity index is 2.41. The quantitative estimate of drug-likeness (QED) is 0.215. The third-order valence-electron chi connectivity index (χ3n) is 7.34. The van der Waals surface area contributed by atoms with Crippen molar-refractivity contribution in [2.75, 3.05) is 7.11 Å². The van der Waals surface area contributed by atoms with Crippen molar-refractivity contribution < 1.29 is 19.7 Å². The Hall–Kier alpha value is -2.33. The van der Waals surface area contributed by atoms with Gasteiger partial charge < -0.3 is 14.9 Å². The van der Waals surface area contributed by atoms with Gasteiger partial charge in [-0.25, -0.2) is 0 Å². The minimum absolute atomic E-state index is 0.0105. The van der Waals surface area contributed by atoms with E-state index in [4.69, 9.17) is 4.74 Å². The molecule has 4 nitrogen and oxygen atoms in total. The molecule has 1 aliphatic carbocycles. The number of hydrogen-bond donors (Lipinski definition) is 2. The topological polar surface area (TPSA) is 66.8 Å². The summed E-state index contributed by atoms with van der Waals surface area (Å²) in [7, 11) is 1.37. The van der Waals surface area contributed by atoms with Crippen LogP contribution in [0, 0.1) is 11.8 Å². The zero-order valence-corrected chi connectivity index (χ0v) is 24.7. The van der Waals surface area contributed by atoms with Gasteiger partial charge >= 0.3 is 0 Å². The van der Waals surface area contributed by atoms with E-state index in [9.17, 15) is 15.0 Å². The Morgan fingerprint density at radius 1 is 0.757 bits per heavy atom. The number of rotatable bonds is 15. The summed E-state index contributed by atoms with van der Waals surface area (Å²) >= 11 is 0. The van der Waals surface area contributed by atoms with Crippen molar-refractivity contribution in [1.82, 2.24) is 0 Å². The summed E-state index contributed by atoms with van der Waals surface area (Å²) in [5.41, 5.74) is 7.01. The Morgan fingerprint density at radius 3 is 1.57 bits per heavy atom. The molecule has 0 radical (unpaired) electrons. The van der Waals surface area contributed by atoms with Gasteiger partial charge in [-0.3, -0.25) is 4.79 Å². The van der Waals surface area contributed by atoms with Gasteiger partial charge in [0, 0.05) is 11.8 Å². The van der Waals surface area contributed by atoms with Gasteiger partial charge in [-0.2, -0.15) is 0 Å². The van der Waals surface area contributed by atoms with Gasteiger partial charge in [0.1, 0.15) is 6.10 Å². The Bertz CT molecular complexity index is 922. The summed E-state index contributed by atoms with van der Waals surface area (Å²) in [4.78, 5) is 12.3. The summed E-state index contributed by atoms with van der Waals surface area (Å²) in [6.45, 7) is 14.9. The van der Waals surface area contributed by atoms with Gasteiger partial charge in [0.25, 0.3) is 0 Å². The number of carbonyl (C=O) groups is 1. The molecule has 0 aromatic heterocycles. The molecule has 0 heterocycles. The van der Waals surface area contributed by atoms with Gasteiger partial charge in [0.2, 0.25) is 5.78 Å². The van der Waals surface area contributed by atoms with Crippen molar-refractivity contribution in [2.24, 2.45) is 11.8 Å². The highest BCUT2D eigenvalue weighted by Gasteiger charge is 2.41. The molecule has 0 amide bonds. The fourth-order valence-electron chi connectivity index (χ4n) is 4.66. The lowest BCUT2D eigenvalue weighted by Gasteiger charge is -2.32. The van der Waals surface area contributed by atoms with Crippen molar-refractivity contribution in [3.63, 3.8) is 0 Å². The maximum Gasteiger partial charge on any atom is 0.203 e. The molecule has 0 fully saturated rings. The number of aliphatic hydroxyl groups is 2. The molecule has 1 aliphatic rings. The SMILES string of the molecule is COC1=C(O)C(=O)C(C)C(C/C=C(\C)CC/C=C(\C)CC/C=C(\C)CC/C=C(\C)CCC=C(C)C)C1O. The number of hydrogen-bond acceptors (Lipinski definition) is 4. The minimum atomic E-state index is -0.965. The number of allylic oxidation sites excluding steroid dienone is 11. The smallest absolute Gasteiger partial charge is 0.203 e. The predicted molar refractivity (Wildman–Crippen MR) is 156 cm³/mol. The van der Waals surface area contributed by atoms with Gasteiger partial charge in [-0.1, -0.05) is 65.2 Å². The summed E-state index contributed by atoms with van der Waals surface area (Å²) in [6.07, 6.45) is 19.8.